The predicted octanol–water partition coefficient (Wildman–Crippen LogP) is 4.35. The van der Waals surface area contributed by atoms with E-state index >= 15 is 0 Å². The van der Waals surface area contributed by atoms with Crippen LogP contribution in [0.15, 0.2) is 24.3 Å². The summed E-state index contributed by atoms with van der Waals surface area (Å²) in [6, 6.07) is 5.55. The fourth-order valence-corrected chi connectivity index (χ4v) is 3.51. The van der Waals surface area contributed by atoms with E-state index in [9.17, 15) is 13.6 Å². The highest BCUT2D eigenvalue weighted by atomic mass is 79.9. The molecule has 0 spiro atoms. The van der Waals surface area contributed by atoms with Crippen LogP contribution in [0, 0.1) is 5.82 Å². The number of halogens is 4. The fraction of sp³-hybridized carbons (Fsp3) is 0.375. The van der Waals surface area contributed by atoms with Gasteiger partial charge in [-0.15, -0.1) is 0 Å². The fourth-order valence-electron chi connectivity index (χ4n) is 3.00. The summed E-state index contributed by atoms with van der Waals surface area (Å²) in [5, 5.41) is 11.3. The standard InChI is InChI=1S/C16H15Br2F2N3O2/c17-15(18)12-3-1-8-9(19)2-4-13(14(8)21-12)23-6-5-11(10(20)7-23)22-16(24)25/h1-4,10-11,15,22H,5-7H2,(H,24,25)/t10-,11+/m1/s1. The summed E-state index contributed by atoms with van der Waals surface area (Å²) in [5.41, 5.74) is 1.77. The van der Waals surface area contributed by atoms with Crippen molar-refractivity contribution in [2.75, 3.05) is 18.0 Å². The topological polar surface area (TPSA) is 65.5 Å². The predicted molar refractivity (Wildman–Crippen MR) is 99.0 cm³/mol. The van der Waals surface area contributed by atoms with Crippen LogP contribution in [0.3, 0.4) is 0 Å². The van der Waals surface area contributed by atoms with Gasteiger partial charge in [0.05, 0.1) is 29.5 Å². The SMILES string of the molecule is O=C(O)N[C@H]1CCN(c2ccc(F)c3ccc(C(Br)Br)nc23)C[C@H]1F. The van der Waals surface area contributed by atoms with Crippen LogP contribution in [0.2, 0.25) is 0 Å². The number of fused-ring (bicyclic) bond motifs is 1. The van der Waals surface area contributed by atoms with Gasteiger partial charge in [-0.1, -0.05) is 31.9 Å². The van der Waals surface area contributed by atoms with Crippen molar-refractivity contribution < 1.29 is 18.7 Å². The minimum Gasteiger partial charge on any atom is -0.465 e. The van der Waals surface area contributed by atoms with Crippen LogP contribution >= 0.6 is 31.9 Å². The summed E-state index contributed by atoms with van der Waals surface area (Å²) >= 11 is 6.74. The smallest absolute Gasteiger partial charge is 0.404 e. The Labute approximate surface area is 159 Å². The maximum atomic E-state index is 14.4. The van der Waals surface area contributed by atoms with Gasteiger partial charge in [0.25, 0.3) is 0 Å². The zero-order valence-corrected chi connectivity index (χ0v) is 16.1. The number of carbonyl (C=O) groups is 1. The third kappa shape index (κ3) is 3.87. The second kappa shape index (κ2) is 7.41. The van der Waals surface area contributed by atoms with Crippen molar-refractivity contribution in [2.24, 2.45) is 0 Å². The third-order valence-electron chi connectivity index (χ3n) is 4.22. The van der Waals surface area contributed by atoms with Crippen LogP contribution in [0.5, 0.6) is 0 Å². The van der Waals surface area contributed by atoms with Gasteiger partial charge < -0.3 is 15.3 Å². The van der Waals surface area contributed by atoms with E-state index in [-0.39, 0.29) is 10.3 Å². The average Bonchev–Trinajstić information content (AvgIpc) is 2.56. The van der Waals surface area contributed by atoms with E-state index < -0.39 is 24.1 Å². The zero-order chi connectivity index (χ0) is 18.1. The summed E-state index contributed by atoms with van der Waals surface area (Å²) in [7, 11) is 0. The van der Waals surface area contributed by atoms with Gasteiger partial charge in [0.1, 0.15) is 15.7 Å². The molecule has 2 aromatic rings. The van der Waals surface area contributed by atoms with Gasteiger partial charge in [0, 0.05) is 11.9 Å². The van der Waals surface area contributed by atoms with Crippen LogP contribution in [0.25, 0.3) is 10.9 Å². The number of nitrogens with zero attached hydrogens (tertiary/aromatic N) is 2. The van der Waals surface area contributed by atoms with Crippen molar-refractivity contribution in [2.45, 2.75) is 22.4 Å². The molecule has 134 valence electrons. The first-order chi connectivity index (χ1) is 11.9. The molecule has 1 amide bonds. The highest BCUT2D eigenvalue weighted by Gasteiger charge is 2.31. The summed E-state index contributed by atoms with van der Waals surface area (Å²) in [5.74, 6) is -0.391. The summed E-state index contributed by atoms with van der Waals surface area (Å²) in [6.07, 6.45) is -2.26. The monoisotopic (exact) mass is 477 g/mol. The first-order valence-electron chi connectivity index (χ1n) is 7.62. The normalized spacial score (nSPS) is 20.9. The average molecular weight is 479 g/mol. The Morgan fingerprint density at radius 3 is 2.76 bits per heavy atom. The summed E-state index contributed by atoms with van der Waals surface area (Å²) in [4.78, 5) is 17.0. The molecule has 0 unspecified atom stereocenters. The lowest BCUT2D eigenvalue weighted by Gasteiger charge is -2.36. The van der Waals surface area contributed by atoms with Crippen LogP contribution in [0.4, 0.5) is 19.3 Å². The van der Waals surface area contributed by atoms with Gasteiger partial charge in [-0.2, -0.15) is 0 Å². The quantitative estimate of drug-likeness (QED) is 0.644. The number of aromatic nitrogens is 1. The number of hydrogen-bond donors (Lipinski definition) is 2. The number of nitrogens with one attached hydrogen (secondary N) is 1. The van der Waals surface area contributed by atoms with Gasteiger partial charge in [0.2, 0.25) is 0 Å². The largest absolute Gasteiger partial charge is 0.465 e. The Hall–Kier alpha value is -1.48. The molecule has 1 saturated heterocycles. The number of piperidine rings is 1. The van der Waals surface area contributed by atoms with E-state index in [0.29, 0.717) is 35.2 Å². The number of hydrogen-bond acceptors (Lipinski definition) is 3. The molecule has 1 aliphatic rings. The molecule has 0 radical (unpaired) electrons. The lowest BCUT2D eigenvalue weighted by molar-refractivity contribution is 0.168. The number of anilines is 1. The number of amides is 1. The van der Waals surface area contributed by atoms with Gasteiger partial charge in [-0.05, 0) is 30.7 Å². The van der Waals surface area contributed by atoms with Gasteiger partial charge in [0.15, 0.2) is 0 Å². The number of benzene rings is 1. The van der Waals surface area contributed by atoms with E-state index in [2.05, 4.69) is 42.2 Å². The highest BCUT2D eigenvalue weighted by molar-refractivity contribution is 9.24. The number of pyridine rings is 1. The van der Waals surface area contributed by atoms with Crippen molar-refractivity contribution in [3.63, 3.8) is 0 Å². The van der Waals surface area contributed by atoms with Crippen molar-refractivity contribution in [1.82, 2.24) is 10.3 Å². The third-order valence-corrected chi connectivity index (χ3v) is 5.16. The molecule has 5 nitrogen and oxygen atoms in total. The Kier molecular flexibility index (Phi) is 5.43. The van der Waals surface area contributed by atoms with Crippen LogP contribution in [-0.2, 0) is 0 Å². The van der Waals surface area contributed by atoms with Crippen LogP contribution in [0.1, 0.15) is 15.9 Å². The molecule has 1 aromatic carbocycles. The molecule has 1 aliphatic heterocycles. The number of rotatable bonds is 3. The molecule has 0 saturated carbocycles. The zero-order valence-electron chi connectivity index (χ0n) is 12.9. The summed E-state index contributed by atoms with van der Waals surface area (Å²) < 4.78 is 28.3. The summed E-state index contributed by atoms with van der Waals surface area (Å²) in [6.45, 7) is 0.466. The second-order valence-electron chi connectivity index (χ2n) is 5.81. The number of alkyl halides is 3. The Morgan fingerprint density at radius 1 is 1.36 bits per heavy atom. The van der Waals surface area contributed by atoms with E-state index in [1.54, 1.807) is 23.1 Å². The molecule has 1 fully saturated rings. The Balaban J connectivity index is 1.95. The van der Waals surface area contributed by atoms with Crippen molar-refractivity contribution in [1.29, 1.82) is 0 Å². The molecule has 9 heteroatoms. The minimum atomic E-state index is -1.35. The lowest BCUT2D eigenvalue weighted by Crippen LogP contribution is -2.52. The van der Waals surface area contributed by atoms with E-state index in [4.69, 9.17) is 5.11 Å². The highest BCUT2D eigenvalue weighted by Crippen LogP contribution is 2.34. The van der Waals surface area contributed by atoms with Crippen molar-refractivity contribution in [3.8, 4) is 0 Å². The molecule has 0 aliphatic carbocycles. The Morgan fingerprint density at radius 2 is 2.12 bits per heavy atom. The molecule has 3 rings (SSSR count). The van der Waals surface area contributed by atoms with Crippen molar-refractivity contribution >= 4 is 54.5 Å². The second-order valence-corrected chi connectivity index (χ2v) is 8.87. The maximum absolute atomic E-state index is 14.4. The van der Waals surface area contributed by atoms with Crippen molar-refractivity contribution in [3.05, 3.63) is 35.8 Å². The minimum absolute atomic E-state index is 0.0175. The molecular weight excluding hydrogens is 464 g/mol. The van der Waals surface area contributed by atoms with Crippen LogP contribution < -0.4 is 10.2 Å². The lowest BCUT2D eigenvalue weighted by atomic mass is 10.0. The first kappa shape index (κ1) is 18.3. The van der Waals surface area contributed by atoms with Gasteiger partial charge in [-0.25, -0.2) is 18.6 Å². The Bertz CT molecular complexity index is 806. The molecule has 1 aromatic heterocycles. The van der Waals surface area contributed by atoms with E-state index in [0.717, 1.165) is 0 Å². The molecule has 0 bridgehead atoms. The molecule has 25 heavy (non-hydrogen) atoms. The van der Waals surface area contributed by atoms with E-state index in [1.165, 1.54) is 6.07 Å². The van der Waals surface area contributed by atoms with Gasteiger partial charge in [-0.3, -0.25) is 0 Å². The van der Waals surface area contributed by atoms with E-state index in [1.807, 2.05) is 0 Å². The molecule has 2 atom stereocenters. The molecule has 2 heterocycles. The number of carboxylic acid groups (broad SMARTS) is 1. The first-order valence-corrected chi connectivity index (χ1v) is 9.45. The molecule has 2 N–H and O–H groups in total. The maximum Gasteiger partial charge on any atom is 0.404 e. The molecular formula is C16H15Br2F2N3O2. The van der Waals surface area contributed by atoms with Crippen LogP contribution in [-0.4, -0.2) is 41.5 Å². The van der Waals surface area contributed by atoms with Gasteiger partial charge >= 0.3 is 6.09 Å².